The molecule has 28 heavy (non-hydrogen) atoms. The Kier molecular flexibility index (Phi) is 6.34. The van der Waals surface area contributed by atoms with Crippen LogP contribution in [0.25, 0.3) is 0 Å². The van der Waals surface area contributed by atoms with E-state index in [-0.39, 0.29) is 17.9 Å². The Hall–Kier alpha value is -2.82. The predicted molar refractivity (Wildman–Crippen MR) is 109 cm³/mol. The van der Waals surface area contributed by atoms with E-state index >= 15 is 0 Å². The minimum absolute atomic E-state index is 0.0101. The van der Waals surface area contributed by atoms with E-state index in [2.05, 4.69) is 5.32 Å². The first kappa shape index (κ1) is 19.9. The van der Waals surface area contributed by atoms with Crippen molar-refractivity contribution < 1.29 is 14.3 Å². The third-order valence-electron chi connectivity index (χ3n) is 4.80. The van der Waals surface area contributed by atoms with Crippen molar-refractivity contribution in [1.29, 1.82) is 0 Å². The van der Waals surface area contributed by atoms with Crippen LogP contribution in [-0.2, 0) is 22.6 Å². The fraction of sp³-hybridized carbons (Fsp3) is 0.391. The predicted octanol–water partition coefficient (Wildman–Crippen LogP) is 3.63. The van der Waals surface area contributed by atoms with E-state index in [0.29, 0.717) is 19.5 Å². The molecule has 1 aliphatic heterocycles. The molecular formula is C23H28N2O3. The lowest BCUT2D eigenvalue weighted by atomic mass is 9.91. The average molecular weight is 380 g/mol. The number of rotatable bonds is 7. The van der Waals surface area contributed by atoms with Crippen molar-refractivity contribution in [2.75, 3.05) is 6.54 Å². The summed E-state index contributed by atoms with van der Waals surface area (Å²) in [6.45, 7) is 6.97. The summed E-state index contributed by atoms with van der Waals surface area (Å²) in [5, 5.41) is 3.01. The van der Waals surface area contributed by atoms with E-state index in [1.54, 1.807) is 4.90 Å². The van der Waals surface area contributed by atoms with Gasteiger partial charge in [0.25, 0.3) is 0 Å². The minimum Gasteiger partial charge on any atom is -0.491 e. The van der Waals surface area contributed by atoms with E-state index in [1.165, 1.54) is 0 Å². The third-order valence-corrected chi connectivity index (χ3v) is 4.80. The van der Waals surface area contributed by atoms with Crippen molar-refractivity contribution in [2.24, 2.45) is 0 Å². The highest BCUT2D eigenvalue weighted by atomic mass is 16.5. The van der Waals surface area contributed by atoms with Gasteiger partial charge in [0.15, 0.2) is 0 Å². The van der Waals surface area contributed by atoms with Gasteiger partial charge >= 0.3 is 0 Å². The van der Waals surface area contributed by atoms with Gasteiger partial charge < -0.3 is 15.0 Å². The maximum absolute atomic E-state index is 13.0. The topological polar surface area (TPSA) is 58.6 Å². The summed E-state index contributed by atoms with van der Waals surface area (Å²) in [6, 6.07) is 14.9. The van der Waals surface area contributed by atoms with E-state index in [9.17, 15) is 9.59 Å². The largest absolute Gasteiger partial charge is 0.491 e. The highest BCUT2D eigenvalue weighted by molar-refractivity contribution is 5.92. The van der Waals surface area contributed by atoms with Crippen LogP contribution in [0.3, 0.4) is 0 Å². The Bertz CT molecular complexity index is 830. The van der Waals surface area contributed by atoms with Crippen molar-refractivity contribution in [3.8, 4) is 5.75 Å². The minimum atomic E-state index is -0.569. The molecule has 1 heterocycles. The van der Waals surface area contributed by atoms with Gasteiger partial charge in [-0.15, -0.1) is 0 Å². The van der Waals surface area contributed by atoms with Crippen LogP contribution in [0.5, 0.6) is 5.75 Å². The third kappa shape index (κ3) is 4.53. The number of hydrogen-bond donors (Lipinski definition) is 1. The SMILES string of the molecule is CCCN1C(=O)Cc2ccccc2[C@H]1C(=O)NCc1ccc(OC(C)C)cc1. The fourth-order valence-corrected chi connectivity index (χ4v) is 3.56. The molecule has 0 saturated heterocycles. The van der Waals surface area contributed by atoms with Crippen molar-refractivity contribution in [2.45, 2.75) is 52.3 Å². The molecule has 1 N–H and O–H groups in total. The molecule has 5 heteroatoms. The first-order valence-corrected chi connectivity index (χ1v) is 9.90. The summed E-state index contributed by atoms with van der Waals surface area (Å²) in [7, 11) is 0. The first-order chi connectivity index (χ1) is 13.5. The Morgan fingerprint density at radius 1 is 1.18 bits per heavy atom. The van der Waals surface area contributed by atoms with E-state index in [1.807, 2.05) is 69.3 Å². The molecule has 0 spiro atoms. The average Bonchev–Trinajstić information content (AvgIpc) is 2.67. The number of carbonyl (C=O) groups is 2. The molecule has 0 saturated carbocycles. The molecule has 0 aliphatic carbocycles. The van der Waals surface area contributed by atoms with Gasteiger partial charge in [-0.1, -0.05) is 43.3 Å². The monoisotopic (exact) mass is 380 g/mol. The highest BCUT2D eigenvalue weighted by Gasteiger charge is 2.36. The summed E-state index contributed by atoms with van der Waals surface area (Å²) in [6.07, 6.45) is 1.30. The van der Waals surface area contributed by atoms with Crippen LogP contribution in [0.2, 0.25) is 0 Å². The molecule has 5 nitrogen and oxygen atoms in total. The lowest BCUT2D eigenvalue weighted by Gasteiger charge is -2.36. The number of benzene rings is 2. The summed E-state index contributed by atoms with van der Waals surface area (Å²) in [5.74, 6) is 0.679. The van der Waals surface area contributed by atoms with Gasteiger partial charge in [0.2, 0.25) is 11.8 Å². The van der Waals surface area contributed by atoms with Crippen LogP contribution >= 0.6 is 0 Å². The second kappa shape index (κ2) is 8.91. The standard InChI is InChI=1S/C23H28N2O3/c1-4-13-25-21(26)14-18-7-5-6-8-20(18)22(25)23(27)24-15-17-9-11-19(12-10-17)28-16(2)3/h5-12,16,22H,4,13-15H2,1-3H3,(H,24,27)/t22-/m0/s1. The van der Waals surface area contributed by atoms with Gasteiger partial charge in [0.1, 0.15) is 11.8 Å². The number of amides is 2. The molecule has 2 amide bonds. The van der Waals surface area contributed by atoms with Crippen molar-refractivity contribution in [1.82, 2.24) is 10.2 Å². The summed E-state index contributed by atoms with van der Waals surface area (Å²) in [4.78, 5) is 27.3. The maximum Gasteiger partial charge on any atom is 0.247 e. The Labute approximate surface area is 166 Å². The molecule has 2 aromatic carbocycles. The molecule has 0 aromatic heterocycles. The number of nitrogens with one attached hydrogen (secondary N) is 1. The molecule has 1 aliphatic rings. The number of fused-ring (bicyclic) bond motifs is 1. The fourth-order valence-electron chi connectivity index (χ4n) is 3.56. The highest BCUT2D eigenvalue weighted by Crippen LogP contribution is 2.30. The maximum atomic E-state index is 13.0. The van der Waals surface area contributed by atoms with Crippen LogP contribution < -0.4 is 10.1 Å². The number of carbonyl (C=O) groups excluding carboxylic acids is 2. The molecule has 148 valence electrons. The van der Waals surface area contributed by atoms with E-state index < -0.39 is 6.04 Å². The van der Waals surface area contributed by atoms with Crippen LogP contribution in [0.1, 0.15) is 49.9 Å². The van der Waals surface area contributed by atoms with Gasteiger partial charge in [0, 0.05) is 13.1 Å². The van der Waals surface area contributed by atoms with Crippen LogP contribution in [0, 0.1) is 0 Å². The number of nitrogens with zero attached hydrogens (tertiary/aromatic N) is 1. The second-order valence-electron chi connectivity index (χ2n) is 7.39. The molecule has 1 atom stereocenters. The lowest BCUT2D eigenvalue weighted by molar-refractivity contribution is -0.141. The summed E-state index contributed by atoms with van der Waals surface area (Å²) < 4.78 is 5.65. The first-order valence-electron chi connectivity index (χ1n) is 9.90. The molecule has 2 aromatic rings. The van der Waals surface area contributed by atoms with Crippen LogP contribution in [0.4, 0.5) is 0 Å². The van der Waals surface area contributed by atoms with Gasteiger partial charge in [-0.25, -0.2) is 0 Å². The van der Waals surface area contributed by atoms with Gasteiger partial charge in [0.05, 0.1) is 12.5 Å². The van der Waals surface area contributed by atoms with Crippen molar-refractivity contribution in [3.63, 3.8) is 0 Å². The lowest BCUT2D eigenvalue weighted by Crippen LogP contribution is -2.47. The summed E-state index contributed by atoms with van der Waals surface area (Å²) in [5.41, 5.74) is 2.85. The Balaban J connectivity index is 1.73. The number of ether oxygens (including phenoxy) is 1. The molecular weight excluding hydrogens is 352 g/mol. The Morgan fingerprint density at radius 2 is 1.89 bits per heavy atom. The molecule has 0 bridgehead atoms. The van der Waals surface area contributed by atoms with Gasteiger partial charge in [-0.3, -0.25) is 9.59 Å². The van der Waals surface area contributed by atoms with Crippen LogP contribution in [-0.4, -0.2) is 29.4 Å². The normalized spacial score (nSPS) is 16.1. The molecule has 0 unspecified atom stereocenters. The van der Waals surface area contributed by atoms with Gasteiger partial charge in [-0.2, -0.15) is 0 Å². The zero-order valence-corrected chi connectivity index (χ0v) is 16.8. The smallest absolute Gasteiger partial charge is 0.247 e. The van der Waals surface area contributed by atoms with Crippen LogP contribution in [0.15, 0.2) is 48.5 Å². The number of hydrogen-bond acceptors (Lipinski definition) is 3. The second-order valence-corrected chi connectivity index (χ2v) is 7.39. The zero-order valence-electron chi connectivity index (χ0n) is 16.8. The molecule has 0 radical (unpaired) electrons. The zero-order chi connectivity index (χ0) is 20.1. The van der Waals surface area contributed by atoms with Crippen molar-refractivity contribution >= 4 is 11.8 Å². The quantitative estimate of drug-likeness (QED) is 0.798. The molecule has 0 fully saturated rings. The summed E-state index contributed by atoms with van der Waals surface area (Å²) >= 11 is 0. The molecule has 3 rings (SSSR count). The van der Waals surface area contributed by atoms with Crippen molar-refractivity contribution in [3.05, 3.63) is 65.2 Å². The van der Waals surface area contributed by atoms with E-state index in [0.717, 1.165) is 28.9 Å². The Morgan fingerprint density at radius 3 is 2.57 bits per heavy atom. The van der Waals surface area contributed by atoms with E-state index in [4.69, 9.17) is 4.74 Å². The van der Waals surface area contributed by atoms with Gasteiger partial charge in [-0.05, 0) is 49.1 Å².